The molecule has 2 amide bonds. The first-order chi connectivity index (χ1) is 17.0. The predicted octanol–water partition coefficient (Wildman–Crippen LogP) is 6.47. The molecule has 176 valence electrons. The number of halogens is 1. The van der Waals surface area contributed by atoms with E-state index in [9.17, 15) is 9.59 Å². The van der Waals surface area contributed by atoms with E-state index in [-0.39, 0.29) is 11.8 Å². The summed E-state index contributed by atoms with van der Waals surface area (Å²) in [5.41, 5.74) is 1.99. The van der Waals surface area contributed by atoms with Gasteiger partial charge in [0.15, 0.2) is 0 Å². The summed E-state index contributed by atoms with van der Waals surface area (Å²) in [7, 11) is 1.58. The summed E-state index contributed by atoms with van der Waals surface area (Å²) >= 11 is 7.28. The Balaban J connectivity index is 1.51. The Kier molecular flexibility index (Phi) is 8.03. The molecule has 0 spiro atoms. The van der Waals surface area contributed by atoms with Gasteiger partial charge in [-0.1, -0.05) is 48.0 Å². The van der Waals surface area contributed by atoms with Crippen LogP contribution in [0.25, 0.3) is 0 Å². The summed E-state index contributed by atoms with van der Waals surface area (Å²) in [4.78, 5) is 30.9. The summed E-state index contributed by atoms with van der Waals surface area (Å²) in [6.45, 7) is 0. The first kappa shape index (κ1) is 24.3. The molecular weight excluding hydrogens is 482 g/mol. The van der Waals surface area contributed by atoms with E-state index < -0.39 is 5.25 Å². The van der Waals surface area contributed by atoms with Crippen molar-refractivity contribution in [3.05, 3.63) is 113 Å². The maximum absolute atomic E-state index is 13.2. The lowest BCUT2D eigenvalue weighted by Crippen LogP contribution is -2.19. The van der Waals surface area contributed by atoms with Gasteiger partial charge < -0.3 is 15.4 Å². The van der Waals surface area contributed by atoms with Crippen LogP contribution in [-0.2, 0) is 4.79 Å². The molecule has 0 saturated carbocycles. The molecule has 0 radical (unpaired) electrons. The highest BCUT2D eigenvalue weighted by molar-refractivity contribution is 8.00. The Morgan fingerprint density at radius 3 is 2.37 bits per heavy atom. The number of carbonyl (C=O) groups excluding carboxylic acids is 2. The number of pyridine rings is 1. The second-order valence-corrected chi connectivity index (χ2v) is 9.08. The molecule has 2 N–H and O–H groups in total. The van der Waals surface area contributed by atoms with E-state index in [2.05, 4.69) is 15.6 Å². The predicted molar refractivity (Wildman–Crippen MR) is 140 cm³/mol. The van der Waals surface area contributed by atoms with Crippen molar-refractivity contribution < 1.29 is 14.3 Å². The highest BCUT2D eigenvalue weighted by Gasteiger charge is 2.23. The van der Waals surface area contributed by atoms with E-state index in [4.69, 9.17) is 16.3 Å². The van der Waals surface area contributed by atoms with Crippen molar-refractivity contribution in [2.45, 2.75) is 10.1 Å². The van der Waals surface area contributed by atoms with Crippen molar-refractivity contribution in [1.29, 1.82) is 0 Å². The molecule has 8 heteroatoms. The summed E-state index contributed by atoms with van der Waals surface area (Å²) in [6, 6.07) is 27.1. The van der Waals surface area contributed by atoms with Crippen molar-refractivity contribution in [3.63, 3.8) is 0 Å². The van der Waals surface area contributed by atoms with Gasteiger partial charge in [0, 0.05) is 22.3 Å². The Morgan fingerprint density at radius 2 is 1.69 bits per heavy atom. The van der Waals surface area contributed by atoms with Gasteiger partial charge in [0.2, 0.25) is 5.91 Å². The van der Waals surface area contributed by atoms with Crippen molar-refractivity contribution in [3.8, 4) is 5.75 Å². The maximum atomic E-state index is 13.2. The number of methoxy groups -OCH3 is 1. The number of ether oxygens (including phenoxy) is 1. The average molecular weight is 504 g/mol. The molecule has 0 bridgehead atoms. The molecule has 6 nitrogen and oxygen atoms in total. The molecule has 1 atom stereocenters. The average Bonchev–Trinajstić information content (AvgIpc) is 2.89. The van der Waals surface area contributed by atoms with Gasteiger partial charge in [0.1, 0.15) is 16.8 Å². The molecule has 0 aliphatic rings. The number of nitrogens with zero attached hydrogens (tertiary/aromatic N) is 1. The van der Waals surface area contributed by atoms with Gasteiger partial charge >= 0.3 is 0 Å². The van der Waals surface area contributed by atoms with Crippen LogP contribution in [0.15, 0.2) is 102 Å². The largest absolute Gasteiger partial charge is 0.497 e. The Hall–Kier alpha value is -3.81. The number of hydrogen-bond acceptors (Lipinski definition) is 5. The number of benzene rings is 3. The minimum Gasteiger partial charge on any atom is -0.497 e. The molecule has 0 aliphatic carbocycles. The normalized spacial score (nSPS) is 11.4. The van der Waals surface area contributed by atoms with Crippen LogP contribution in [-0.4, -0.2) is 23.9 Å². The number of carbonyl (C=O) groups is 2. The fourth-order valence-electron chi connectivity index (χ4n) is 3.27. The fraction of sp³-hybridized carbons (Fsp3) is 0.0741. The molecule has 1 heterocycles. The zero-order chi connectivity index (χ0) is 24.6. The topological polar surface area (TPSA) is 80.3 Å². The van der Waals surface area contributed by atoms with Crippen LogP contribution in [0.4, 0.5) is 11.5 Å². The number of aromatic nitrogens is 1. The molecule has 4 rings (SSSR count). The van der Waals surface area contributed by atoms with E-state index in [1.54, 1.807) is 49.6 Å². The maximum Gasteiger partial charge on any atom is 0.255 e. The number of rotatable bonds is 8. The number of anilines is 2. The Morgan fingerprint density at radius 1 is 0.914 bits per heavy atom. The SMILES string of the molecule is COc1ccc(C(=O)Nc2cccc(SC(C(=O)Nc3ccc(Cl)cn3)c3ccccc3)c2)cc1. The van der Waals surface area contributed by atoms with Gasteiger partial charge in [-0.15, -0.1) is 11.8 Å². The van der Waals surface area contributed by atoms with Crippen molar-refractivity contribution in [1.82, 2.24) is 4.98 Å². The lowest BCUT2D eigenvalue weighted by atomic mass is 10.1. The van der Waals surface area contributed by atoms with Crippen LogP contribution in [0.3, 0.4) is 0 Å². The summed E-state index contributed by atoms with van der Waals surface area (Å²) < 4.78 is 5.14. The van der Waals surface area contributed by atoms with Crippen LogP contribution in [0.1, 0.15) is 21.2 Å². The molecule has 1 unspecified atom stereocenters. The van der Waals surface area contributed by atoms with E-state index in [0.717, 1.165) is 10.5 Å². The Bertz CT molecular complexity index is 1300. The first-order valence-electron chi connectivity index (χ1n) is 10.7. The third kappa shape index (κ3) is 6.62. The standard InChI is InChI=1S/C27H22ClN3O3S/c1-34-22-13-10-19(11-14-22)26(32)30-21-8-5-9-23(16-21)35-25(18-6-3-2-4-7-18)27(33)31-24-15-12-20(28)17-29-24/h2-17,25H,1H3,(H,30,32)(H,29,31,33). The second-order valence-electron chi connectivity index (χ2n) is 7.47. The van der Waals surface area contributed by atoms with Crippen LogP contribution in [0.5, 0.6) is 5.75 Å². The first-order valence-corrected chi connectivity index (χ1v) is 12.0. The van der Waals surface area contributed by atoms with Crippen LogP contribution >= 0.6 is 23.4 Å². The van der Waals surface area contributed by atoms with Gasteiger partial charge in [-0.25, -0.2) is 4.98 Å². The smallest absolute Gasteiger partial charge is 0.255 e. The van der Waals surface area contributed by atoms with E-state index >= 15 is 0 Å². The molecular formula is C27H22ClN3O3S. The summed E-state index contributed by atoms with van der Waals surface area (Å²) in [6.07, 6.45) is 1.48. The number of nitrogens with one attached hydrogen (secondary N) is 2. The van der Waals surface area contributed by atoms with Gasteiger partial charge in [-0.05, 0) is 60.2 Å². The highest BCUT2D eigenvalue weighted by atomic mass is 35.5. The molecule has 1 aromatic heterocycles. The van der Waals surface area contributed by atoms with Crippen molar-refractivity contribution >= 4 is 46.7 Å². The van der Waals surface area contributed by atoms with E-state index in [1.807, 2.05) is 48.5 Å². The van der Waals surface area contributed by atoms with E-state index in [1.165, 1.54) is 18.0 Å². The van der Waals surface area contributed by atoms with Gasteiger partial charge in [-0.2, -0.15) is 0 Å². The lowest BCUT2D eigenvalue weighted by Gasteiger charge is -2.17. The van der Waals surface area contributed by atoms with Gasteiger partial charge in [0.05, 0.1) is 12.1 Å². The van der Waals surface area contributed by atoms with E-state index in [0.29, 0.717) is 27.8 Å². The zero-order valence-electron chi connectivity index (χ0n) is 18.8. The molecule has 0 fully saturated rings. The number of amides is 2. The summed E-state index contributed by atoms with van der Waals surface area (Å²) in [5, 5.41) is 5.71. The number of thioether (sulfide) groups is 1. The lowest BCUT2D eigenvalue weighted by molar-refractivity contribution is -0.115. The molecule has 0 saturated heterocycles. The molecule has 35 heavy (non-hydrogen) atoms. The fourth-order valence-corrected chi connectivity index (χ4v) is 4.47. The Labute approximate surface area is 212 Å². The molecule has 3 aromatic carbocycles. The highest BCUT2D eigenvalue weighted by Crippen LogP contribution is 2.37. The van der Waals surface area contributed by atoms with Gasteiger partial charge in [-0.3, -0.25) is 9.59 Å². The monoisotopic (exact) mass is 503 g/mol. The van der Waals surface area contributed by atoms with Crippen LogP contribution < -0.4 is 15.4 Å². The number of hydrogen-bond donors (Lipinski definition) is 2. The van der Waals surface area contributed by atoms with Crippen molar-refractivity contribution in [2.24, 2.45) is 0 Å². The molecule has 4 aromatic rings. The summed E-state index contributed by atoms with van der Waals surface area (Å²) in [5.74, 6) is 0.644. The second kappa shape index (κ2) is 11.6. The third-order valence-corrected chi connectivity index (χ3v) is 6.49. The third-order valence-electron chi connectivity index (χ3n) is 5.02. The van der Waals surface area contributed by atoms with Crippen LogP contribution in [0, 0.1) is 0 Å². The zero-order valence-corrected chi connectivity index (χ0v) is 20.3. The molecule has 0 aliphatic heterocycles. The van der Waals surface area contributed by atoms with Gasteiger partial charge in [0.25, 0.3) is 5.91 Å². The van der Waals surface area contributed by atoms with Crippen LogP contribution in [0.2, 0.25) is 5.02 Å². The minimum absolute atomic E-state index is 0.219. The minimum atomic E-state index is -0.541. The quantitative estimate of drug-likeness (QED) is 0.269. The van der Waals surface area contributed by atoms with Crippen molar-refractivity contribution in [2.75, 3.05) is 17.7 Å².